The van der Waals surface area contributed by atoms with Crippen LogP contribution in [0.15, 0.2) is 42.7 Å². The van der Waals surface area contributed by atoms with Crippen LogP contribution in [0.2, 0.25) is 0 Å². The minimum atomic E-state index is -0.677. The molecule has 0 bridgehead atoms. The fourth-order valence-corrected chi connectivity index (χ4v) is 2.61. The van der Waals surface area contributed by atoms with E-state index in [4.69, 9.17) is 9.47 Å². The van der Waals surface area contributed by atoms with Gasteiger partial charge < -0.3 is 19.4 Å². The molecule has 2 aromatic rings. The van der Waals surface area contributed by atoms with Crippen LogP contribution in [0.25, 0.3) is 5.69 Å². The third-order valence-electron chi connectivity index (χ3n) is 4.04. The molecule has 1 aliphatic heterocycles. The molecule has 0 saturated carbocycles. The second-order valence-electron chi connectivity index (χ2n) is 5.85. The number of rotatable bonds is 6. The van der Waals surface area contributed by atoms with Crippen molar-refractivity contribution in [3.8, 4) is 5.69 Å². The van der Waals surface area contributed by atoms with Crippen LogP contribution in [-0.4, -0.2) is 35.9 Å². The van der Waals surface area contributed by atoms with Crippen LogP contribution in [0, 0.1) is 5.82 Å². The van der Waals surface area contributed by atoms with Gasteiger partial charge in [0.05, 0.1) is 18.4 Å². The van der Waals surface area contributed by atoms with Gasteiger partial charge in [0.15, 0.2) is 0 Å². The molecule has 24 heavy (non-hydrogen) atoms. The molecule has 1 aromatic heterocycles. The lowest BCUT2D eigenvalue weighted by Gasteiger charge is -2.17. The van der Waals surface area contributed by atoms with E-state index in [2.05, 4.69) is 5.32 Å². The summed E-state index contributed by atoms with van der Waals surface area (Å²) in [6, 6.07) is 8.34. The van der Waals surface area contributed by atoms with Gasteiger partial charge in [-0.15, -0.1) is 0 Å². The van der Waals surface area contributed by atoms with Crippen molar-refractivity contribution in [2.24, 2.45) is 0 Å². The van der Waals surface area contributed by atoms with Crippen LogP contribution < -0.4 is 5.32 Å². The fourth-order valence-electron chi connectivity index (χ4n) is 2.61. The molecule has 0 radical (unpaired) electrons. The summed E-state index contributed by atoms with van der Waals surface area (Å²) < 4.78 is 26.8. The summed E-state index contributed by atoms with van der Waals surface area (Å²) in [6.07, 6.45) is 5.05. The lowest BCUT2D eigenvalue weighted by molar-refractivity contribution is -0.128. The number of benzene rings is 1. The van der Waals surface area contributed by atoms with Gasteiger partial charge in [0.2, 0.25) is 0 Å². The van der Waals surface area contributed by atoms with Crippen LogP contribution in [0.4, 0.5) is 10.1 Å². The quantitative estimate of drug-likeness (QED) is 0.884. The molecule has 1 aromatic carbocycles. The molecule has 2 heterocycles. The van der Waals surface area contributed by atoms with Crippen molar-refractivity contribution in [2.75, 3.05) is 18.5 Å². The van der Waals surface area contributed by atoms with Crippen molar-refractivity contribution < 1.29 is 18.7 Å². The number of carbonyl (C=O) groups is 1. The molecule has 6 heteroatoms. The molecule has 3 rings (SSSR count). The van der Waals surface area contributed by atoms with Crippen molar-refractivity contribution in [3.05, 3.63) is 48.5 Å². The maximum atomic E-state index is 14.0. The zero-order valence-corrected chi connectivity index (χ0v) is 13.6. The minimum absolute atomic E-state index is 0.0501. The Kier molecular flexibility index (Phi) is 5.27. The van der Waals surface area contributed by atoms with Crippen molar-refractivity contribution in [2.45, 2.75) is 32.0 Å². The van der Waals surface area contributed by atoms with Gasteiger partial charge in [-0.05, 0) is 50.1 Å². The van der Waals surface area contributed by atoms with Gasteiger partial charge in [-0.1, -0.05) is 0 Å². The third kappa shape index (κ3) is 4.01. The Morgan fingerprint density at radius 3 is 2.96 bits per heavy atom. The zero-order valence-electron chi connectivity index (χ0n) is 13.6. The predicted molar refractivity (Wildman–Crippen MR) is 88.7 cm³/mol. The maximum absolute atomic E-state index is 14.0. The van der Waals surface area contributed by atoms with Gasteiger partial charge in [0.25, 0.3) is 5.91 Å². The summed E-state index contributed by atoms with van der Waals surface area (Å²) in [6.45, 7) is 2.77. The fraction of sp³-hybridized carbons (Fsp3) is 0.389. The van der Waals surface area contributed by atoms with E-state index in [9.17, 15) is 9.18 Å². The Hall–Kier alpha value is -2.18. The van der Waals surface area contributed by atoms with Gasteiger partial charge in [-0.3, -0.25) is 4.79 Å². The second-order valence-corrected chi connectivity index (χ2v) is 5.85. The first-order valence-electron chi connectivity index (χ1n) is 8.10. The smallest absolute Gasteiger partial charge is 0.253 e. The topological polar surface area (TPSA) is 52.5 Å². The second kappa shape index (κ2) is 7.59. The lowest BCUT2D eigenvalue weighted by Crippen LogP contribution is -2.30. The molecule has 0 aliphatic carbocycles. The number of halogens is 1. The summed E-state index contributed by atoms with van der Waals surface area (Å²) in [5, 5.41) is 2.59. The first-order chi connectivity index (χ1) is 11.6. The number of nitrogens with one attached hydrogen (secondary N) is 1. The van der Waals surface area contributed by atoms with Gasteiger partial charge in [0, 0.05) is 24.7 Å². The lowest BCUT2D eigenvalue weighted by atomic mass is 10.2. The van der Waals surface area contributed by atoms with Crippen LogP contribution in [0.3, 0.4) is 0 Å². The third-order valence-corrected chi connectivity index (χ3v) is 4.04. The Balaban J connectivity index is 1.61. The molecule has 2 atom stereocenters. The van der Waals surface area contributed by atoms with Gasteiger partial charge in [-0.2, -0.15) is 0 Å². The monoisotopic (exact) mass is 332 g/mol. The molecule has 5 nitrogen and oxygen atoms in total. The van der Waals surface area contributed by atoms with E-state index >= 15 is 0 Å². The van der Waals surface area contributed by atoms with E-state index < -0.39 is 11.9 Å². The Labute approximate surface area is 140 Å². The first-order valence-corrected chi connectivity index (χ1v) is 8.10. The molecular formula is C18H21FN2O3. The molecule has 0 unspecified atom stereocenters. The summed E-state index contributed by atoms with van der Waals surface area (Å²) >= 11 is 0. The van der Waals surface area contributed by atoms with E-state index in [0.29, 0.717) is 6.61 Å². The first kappa shape index (κ1) is 16.7. The van der Waals surface area contributed by atoms with E-state index in [-0.39, 0.29) is 17.7 Å². The van der Waals surface area contributed by atoms with Crippen LogP contribution in [-0.2, 0) is 14.3 Å². The number of amides is 1. The standard InChI is InChI=1S/C18H21FN2O3/c1-13(24-12-15-5-4-10-23-15)18(22)20-17-11-14(6-7-16(17)19)21-8-2-3-9-21/h2-3,6-9,11,13,15H,4-5,10,12H2,1H3,(H,20,22)/t13-,15-/m0/s1. The van der Waals surface area contributed by atoms with E-state index in [1.54, 1.807) is 19.1 Å². The number of carbonyl (C=O) groups excluding carboxylic acids is 1. The number of ether oxygens (including phenoxy) is 2. The maximum Gasteiger partial charge on any atom is 0.253 e. The molecule has 1 saturated heterocycles. The zero-order chi connectivity index (χ0) is 16.9. The van der Waals surface area contributed by atoms with Crippen LogP contribution in [0.1, 0.15) is 19.8 Å². The highest BCUT2D eigenvalue weighted by Gasteiger charge is 2.20. The minimum Gasteiger partial charge on any atom is -0.376 e. The highest BCUT2D eigenvalue weighted by atomic mass is 19.1. The molecule has 1 aliphatic rings. The Morgan fingerprint density at radius 2 is 2.25 bits per heavy atom. The summed E-state index contributed by atoms with van der Waals surface area (Å²) in [7, 11) is 0. The molecule has 1 N–H and O–H groups in total. The van der Waals surface area contributed by atoms with Crippen molar-refractivity contribution in [1.29, 1.82) is 0 Å². The summed E-state index contributed by atoms with van der Waals surface area (Å²) in [5.41, 5.74) is 0.906. The largest absolute Gasteiger partial charge is 0.376 e. The van der Waals surface area contributed by atoms with E-state index in [1.807, 2.05) is 29.1 Å². The SMILES string of the molecule is C[C@H](OC[C@@H]1CCCO1)C(=O)Nc1cc(-n2cccc2)ccc1F. The number of hydrogen-bond acceptors (Lipinski definition) is 3. The van der Waals surface area contributed by atoms with Crippen LogP contribution in [0.5, 0.6) is 0 Å². The van der Waals surface area contributed by atoms with Gasteiger partial charge >= 0.3 is 0 Å². The summed E-state index contributed by atoms with van der Waals surface area (Å²) in [4.78, 5) is 12.2. The highest BCUT2D eigenvalue weighted by molar-refractivity contribution is 5.94. The molecule has 128 valence electrons. The van der Waals surface area contributed by atoms with Crippen molar-refractivity contribution >= 4 is 11.6 Å². The van der Waals surface area contributed by atoms with Gasteiger partial charge in [0.1, 0.15) is 11.9 Å². The molecule has 1 amide bonds. The average Bonchev–Trinajstić information content (AvgIpc) is 3.28. The highest BCUT2D eigenvalue weighted by Crippen LogP contribution is 2.20. The molecule has 1 fully saturated rings. The van der Waals surface area contributed by atoms with Crippen LogP contribution >= 0.6 is 0 Å². The molecule has 0 spiro atoms. The molecular weight excluding hydrogens is 311 g/mol. The Bertz CT molecular complexity index is 682. The summed E-state index contributed by atoms with van der Waals surface area (Å²) in [5.74, 6) is -0.859. The van der Waals surface area contributed by atoms with E-state index in [0.717, 1.165) is 25.1 Å². The van der Waals surface area contributed by atoms with Crippen molar-refractivity contribution in [3.63, 3.8) is 0 Å². The van der Waals surface area contributed by atoms with E-state index in [1.165, 1.54) is 6.07 Å². The van der Waals surface area contributed by atoms with Gasteiger partial charge in [-0.25, -0.2) is 4.39 Å². The normalized spacial score (nSPS) is 18.5. The predicted octanol–water partition coefficient (Wildman–Crippen LogP) is 3.14. The van der Waals surface area contributed by atoms with Crippen molar-refractivity contribution in [1.82, 2.24) is 4.57 Å². The number of aromatic nitrogens is 1. The number of nitrogens with zero attached hydrogens (tertiary/aromatic N) is 1. The Morgan fingerprint density at radius 1 is 1.46 bits per heavy atom. The average molecular weight is 332 g/mol. The number of hydrogen-bond donors (Lipinski definition) is 1. The number of anilines is 1.